The summed E-state index contributed by atoms with van der Waals surface area (Å²) >= 11 is 6.88. The fraction of sp³-hybridized carbons (Fsp3) is 0.250. The van der Waals surface area contributed by atoms with Crippen LogP contribution in [0.5, 0.6) is 0 Å². The van der Waals surface area contributed by atoms with Gasteiger partial charge in [0, 0.05) is 0 Å². The second-order valence-electron chi connectivity index (χ2n) is 2.40. The Morgan fingerprint density at radius 2 is 2.29 bits per heavy atom. The molecule has 4 nitrogen and oxygen atoms in total. The van der Waals surface area contributed by atoms with Crippen LogP contribution < -0.4 is 5.32 Å². The third kappa shape index (κ3) is 3.35. The maximum atomic E-state index is 11.1. The van der Waals surface area contributed by atoms with E-state index in [0.717, 1.165) is 0 Å². The molecular formula is C8H8ClNO3S. The zero-order chi connectivity index (χ0) is 10.6. The Morgan fingerprint density at radius 1 is 1.57 bits per heavy atom. The van der Waals surface area contributed by atoms with Gasteiger partial charge >= 0.3 is 5.97 Å². The van der Waals surface area contributed by atoms with Crippen molar-refractivity contribution in [3.63, 3.8) is 0 Å². The van der Waals surface area contributed by atoms with Crippen molar-refractivity contribution < 1.29 is 14.3 Å². The number of methoxy groups -OCH3 is 1. The van der Waals surface area contributed by atoms with Gasteiger partial charge in [0.1, 0.15) is 6.42 Å². The molecule has 1 rings (SSSR count). The maximum Gasteiger partial charge on any atom is 0.315 e. The minimum atomic E-state index is -0.565. The van der Waals surface area contributed by atoms with Crippen LogP contribution in [0.1, 0.15) is 6.42 Å². The zero-order valence-corrected chi connectivity index (χ0v) is 8.95. The molecule has 0 aliphatic carbocycles. The van der Waals surface area contributed by atoms with Crippen LogP contribution in [0.4, 0.5) is 5.00 Å². The number of carbonyl (C=O) groups is 2. The SMILES string of the molecule is COC(=O)CC(=O)Nc1ccc(Cl)s1. The fourth-order valence-electron chi connectivity index (χ4n) is 0.766. The molecule has 0 spiro atoms. The molecule has 1 N–H and O–H groups in total. The van der Waals surface area contributed by atoms with Crippen molar-refractivity contribution in [1.82, 2.24) is 0 Å². The third-order valence-corrected chi connectivity index (χ3v) is 2.51. The standard InChI is InChI=1S/C8H8ClNO3S/c1-13-8(12)4-6(11)10-7-3-2-5(9)14-7/h2-3H,4H2,1H3,(H,10,11). The van der Waals surface area contributed by atoms with E-state index in [2.05, 4.69) is 10.1 Å². The van der Waals surface area contributed by atoms with Gasteiger partial charge in [-0.1, -0.05) is 11.6 Å². The number of hydrogen-bond acceptors (Lipinski definition) is 4. The summed E-state index contributed by atoms with van der Waals surface area (Å²) in [6, 6.07) is 3.34. The Kier molecular flexibility index (Phi) is 3.91. The quantitative estimate of drug-likeness (QED) is 0.641. The van der Waals surface area contributed by atoms with E-state index in [1.165, 1.54) is 18.4 Å². The molecule has 0 atom stereocenters. The second kappa shape index (κ2) is 4.97. The normalized spacial score (nSPS) is 9.57. The molecule has 0 saturated heterocycles. The molecule has 0 aromatic carbocycles. The highest BCUT2D eigenvalue weighted by Gasteiger charge is 2.10. The summed E-state index contributed by atoms with van der Waals surface area (Å²) in [4.78, 5) is 21.9. The van der Waals surface area contributed by atoms with Crippen molar-refractivity contribution >= 4 is 39.8 Å². The molecule has 1 heterocycles. The third-order valence-electron chi connectivity index (χ3n) is 1.37. The summed E-state index contributed by atoms with van der Waals surface area (Å²) in [5.41, 5.74) is 0. The average molecular weight is 234 g/mol. The number of hydrogen-bond donors (Lipinski definition) is 1. The minimum absolute atomic E-state index is 0.286. The van der Waals surface area contributed by atoms with Crippen LogP contribution in [0.2, 0.25) is 4.34 Å². The van der Waals surface area contributed by atoms with E-state index < -0.39 is 11.9 Å². The molecule has 0 bridgehead atoms. The van der Waals surface area contributed by atoms with Gasteiger partial charge in [-0.15, -0.1) is 11.3 Å². The molecule has 1 amide bonds. The largest absolute Gasteiger partial charge is 0.469 e. The van der Waals surface area contributed by atoms with E-state index in [0.29, 0.717) is 9.34 Å². The van der Waals surface area contributed by atoms with Crippen LogP contribution in [0.25, 0.3) is 0 Å². The molecule has 0 fully saturated rings. The van der Waals surface area contributed by atoms with Crippen molar-refractivity contribution in [2.45, 2.75) is 6.42 Å². The Labute approximate surface area is 89.8 Å². The first kappa shape index (κ1) is 11.0. The number of carbonyl (C=O) groups excluding carboxylic acids is 2. The van der Waals surface area contributed by atoms with Gasteiger partial charge in [-0.25, -0.2) is 0 Å². The number of nitrogens with one attached hydrogen (secondary N) is 1. The molecule has 0 saturated carbocycles. The van der Waals surface area contributed by atoms with Gasteiger partial charge in [0.2, 0.25) is 5.91 Å². The summed E-state index contributed by atoms with van der Waals surface area (Å²) in [7, 11) is 1.23. The Balaban J connectivity index is 2.45. The lowest BCUT2D eigenvalue weighted by Crippen LogP contribution is -2.16. The topological polar surface area (TPSA) is 55.4 Å². The lowest BCUT2D eigenvalue weighted by atomic mass is 10.4. The monoisotopic (exact) mass is 233 g/mol. The molecular weight excluding hydrogens is 226 g/mol. The fourth-order valence-corrected chi connectivity index (χ4v) is 1.73. The van der Waals surface area contributed by atoms with Crippen molar-refractivity contribution in [1.29, 1.82) is 0 Å². The van der Waals surface area contributed by atoms with E-state index in [-0.39, 0.29) is 6.42 Å². The first-order chi connectivity index (χ1) is 6.61. The highest BCUT2D eigenvalue weighted by molar-refractivity contribution is 7.20. The van der Waals surface area contributed by atoms with E-state index >= 15 is 0 Å². The van der Waals surface area contributed by atoms with Gasteiger partial charge in [-0.2, -0.15) is 0 Å². The van der Waals surface area contributed by atoms with Gasteiger partial charge in [0.15, 0.2) is 0 Å². The number of halogens is 1. The van der Waals surface area contributed by atoms with E-state index in [9.17, 15) is 9.59 Å². The van der Waals surface area contributed by atoms with Crippen LogP contribution in [0.3, 0.4) is 0 Å². The predicted molar refractivity (Wildman–Crippen MR) is 54.6 cm³/mol. The lowest BCUT2D eigenvalue weighted by molar-refractivity contribution is -0.142. The van der Waals surface area contributed by atoms with Crippen molar-refractivity contribution in [3.05, 3.63) is 16.5 Å². The van der Waals surface area contributed by atoms with E-state index in [1.54, 1.807) is 12.1 Å². The van der Waals surface area contributed by atoms with Crippen LogP contribution >= 0.6 is 22.9 Å². The molecule has 0 aliphatic heterocycles. The van der Waals surface area contributed by atoms with Crippen LogP contribution in [0, 0.1) is 0 Å². The predicted octanol–water partition coefficient (Wildman–Crippen LogP) is 1.90. The lowest BCUT2D eigenvalue weighted by Gasteiger charge is -2.00. The average Bonchev–Trinajstić information content (AvgIpc) is 2.50. The minimum Gasteiger partial charge on any atom is -0.469 e. The Morgan fingerprint density at radius 3 is 2.79 bits per heavy atom. The highest BCUT2D eigenvalue weighted by atomic mass is 35.5. The molecule has 1 aromatic heterocycles. The van der Waals surface area contributed by atoms with Crippen molar-refractivity contribution in [3.8, 4) is 0 Å². The van der Waals surface area contributed by atoms with Crippen molar-refractivity contribution in [2.24, 2.45) is 0 Å². The van der Waals surface area contributed by atoms with Gasteiger partial charge in [0.05, 0.1) is 16.4 Å². The second-order valence-corrected chi connectivity index (χ2v) is 4.12. The Bertz CT molecular complexity index is 350. The van der Waals surface area contributed by atoms with Gasteiger partial charge in [0.25, 0.3) is 0 Å². The first-order valence-corrected chi connectivity index (χ1v) is 4.93. The van der Waals surface area contributed by atoms with Crippen LogP contribution in [0.15, 0.2) is 12.1 Å². The van der Waals surface area contributed by atoms with Gasteiger partial charge in [-0.05, 0) is 12.1 Å². The first-order valence-electron chi connectivity index (χ1n) is 3.74. The molecule has 0 radical (unpaired) electrons. The number of thiophene rings is 1. The summed E-state index contributed by atoms with van der Waals surface area (Å²) < 4.78 is 4.92. The number of ether oxygens (including phenoxy) is 1. The van der Waals surface area contributed by atoms with E-state index in [4.69, 9.17) is 11.6 Å². The number of amides is 1. The summed E-state index contributed by atoms with van der Waals surface area (Å²) in [5.74, 6) is -0.972. The molecule has 76 valence electrons. The molecule has 14 heavy (non-hydrogen) atoms. The smallest absolute Gasteiger partial charge is 0.315 e. The number of anilines is 1. The number of rotatable bonds is 3. The Hall–Kier alpha value is -1.07. The highest BCUT2D eigenvalue weighted by Crippen LogP contribution is 2.25. The molecule has 6 heteroatoms. The summed E-state index contributed by atoms with van der Waals surface area (Å²) in [6.45, 7) is 0. The maximum absolute atomic E-state index is 11.1. The molecule has 0 aliphatic rings. The zero-order valence-electron chi connectivity index (χ0n) is 7.37. The van der Waals surface area contributed by atoms with Crippen LogP contribution in [-0.2, 0) is 14.3 Å². The molecule has 1 aromatic rings. The van der Waals surface area contributed by atoms with Crippen molar-refractivity contribution in [2.75, 3.05) is 12.4 Å². The van der Waals surface area contributed by atoms with E-state index in [1.807, 2.05) is 0 Å². The summed E-state index contributed by atoms with van der Waals surface area (Å²) in [6.07, 6.45) is -0.286. The molecule has 0 unspecified atom stereocenters. The van der Waals surface area contributed by atoms with Crippen LogP contribution in [-0.4, -0.2) is 19.0 Å². The number of esters is 1. The summed E-state index contributed by atoms with van der Waals surface area (Å²) in [5, 5.41) is 3.14. The van der Waals surface area contributed by atoms with Gasteiger partial charge < -0.3 is 10.1 Å². The van der Waals surface area contributed by atoms with Gasteiger partial charge in [-0.3, -0.25) is 9.59 Å².